The van der Waals surface area contributed by atoms with Gasteiger partial charge in [0.2, 0.25) is 0 Å². The number of aliphatic hydroxyl groups is 2. The number of carbonyl (C=O) groups excluding carboxylic acids is 1. The van der Waals surface area contributed by atoms with Crippen LogP contribution in [0.3, 0.4) is 0 Å². The van der Waals surface area contributed by atoms with Crippen LogP contribution in [0.2, 0.25) is 0 Å². The third-order valence-corrected chi connectivity index (χ3v) is 8.73. The number of carbonyl (C=O) groups is 2. The van der Waals surface area contributed by atoms with E-state index in [0.29, 0.717) is 12.3 Å². The van der Waals surface area contributed by atoms with Gasteiger partial charge in [-0.1, -0.05) is 50.3 Å². The van der Waals surface area contributed by atoms with E-state index in [1.165, 1.54) is 6.08 Å². The number of carboxylic acid groups (broad SMARTS) is 1. The van der Waals surface area contributed by atoms with Crippen LogP contribution in [-0.4, -0.2) is 75.5 Å². The molecule has 248 valence electrons. The van der Waals surface area contributed by atoms with Gasteiger partial charge in [0.05, 0.1) is 18.3 Å². The van der Waals surface area contributed by atoms with Crippen LogP contribution in [0.25, 0.3) is 6.08 Å². The molecule has 3 heterocycles. The molecule has 1 aromatic heterocycles. The number of fused-ring (bicyclic) bond motifs is 1. The third-order valence-electron chi connectivity index (χ3n) is 8.73. The zero-order valence-electron chi connectivity index (χ0n) is 27.4. The highest BCUT2D eigenvalue weighted by Crippen LogP contribution is 2.43. The van der Waals surface area contributed by atoms with Crippen molar-refractivity contribution in [1.82, 2.24) is 4.98 Å². The van der Waals surface area contributed by atoms with Gasteiger partial charge < -0.3 is 33.9 Å². The maximum absolute atomic E-state index is 13.0. The first-order valence-corrected chi connectivity index (χ1v) is 15.5. The molecule has 10 heteroatoms. The third kappa shape index (κ3) is 10.6. The number of oxazole rings is 1. The number of ether oxygens (including phenoxy) is 3. The van der Waals surface area contributed by atoms with Crippen molar-refractivity contribution in [3.63, 3.8) is 0 Å². The second kappa shape index (κ2) is 16.3. The minimum Gasteiger partial charge on any atom is -0.481 e. The summed E-state index contributed by atoms with van der Waals surface area (Å²) in [6, 6.07) is 0. The van der Waals surface area contributed by atoms with Crippen molar-refractivity contribution in [1.29, 1.82) is 0 Å². The second-order valence-corrected chi connectivity index (χ2v) is 12.6. The number of hydrogen-bond acceptors (Lipinski definition) is 9. The Morgan fingerprint density at radius 2 is 1.98 bits per heavy atom. The van der Waals surface area contributed by atoms with Crippen molar-refractivity contribution in [2.75, 3.05) is 7.11 Å². The summed E-state index contributed by atoms with van der Waals surface area (Å²) in [6.07, 6.45) is 13.2. The van der Waals surface area contributed by atoms with E-state index >= 15 is 0 Å². The molecule has 0 bridgehead atoms. The van der Waals surface area contributed by atoms with Gasteiger partial charge in [0, 0.05) is 44.8 Å². The Balaban J connectivity index is 1.82. The van der Waals surface area contributed by atoms with E-state index in [0.717, 1.165) is 16.8 Å². The second-order valence-electron chi connectivity index (χ2n) is 12.6. The van der Waals surface area contributed by atoms with Crippen LogP contribution in [0.1, 0.15) is 71.9 Å². The van der Waals surface area contributed by atoms with Crippen LogP contribution in [0.4, 0.5) is 0 Å². The van der Waals surface area contributed by atoms with Gasteiger partial charge in [-0.2, -0.15) is 0 Å². The van der Waals surface area contributed by atoms with Crippen LogP contribution in [-0.2, 0) is 23.8 Å². The Morgan fingerprint density at radius 3 is 2.62 bits per heavy atom. The number of hydrogen-bond donors (Lipinski definition) is 3. The predicted octanol–water partition coefficient (Wildman–Crippen LogP) is 5.35. The van der Waals surface area contributed by atoms with Crippen LogP contribution in [0, 0.1) is 24.7 Å². The van der Waals surface area contributed by atoms with Crippen molar-refractivity contribution in [2.24, 2.45) is 17.8 Å². The number of nitrogens with zero attached hydrogens (tertiary/aromatic N) is 1. The van der Waals surface area contributed by atoms with E-state index in [2.05, 4.69) is 4.98 Å². The lowest BCUT2D eigenvalue weighted by atomic mass is 9.85. The number of epoxide rings is 1. The fourth-order valence-electron chi connectivity index (χ4n) is 5.76. The number of esters is 1. The monoisotopic (exact) mass is 627 g/mol. The molecule has 3 N–H and O–H groups in total. The maximum Gasteiger partial charge on any atom is 0.330 e. The van der Waals surface area contributed by atoms with Crippen LogP contribution in [0.15, 0.2) is 64.4 Å². The van der Waals surface area contributed by atoms with Gasteiger partial charge in [-0.05, 0) is 56.8 Å². The lowest BCUT2D eigenvalue weighted by Gasteiger charge is -2.32. The quantitative estimate of drug-likeness (QED) is 0.141. The van der Waals surface area contributed by atoms with Crippen molar-refractivity contribution in [3.8, 4) is 0 Å². The fraction of sp³-hybridized carbons (Fsp3) is 0.571. The summed E-state index contributed by atoms with van der Waals surface area (Å²) in [6.45, 7) is 11.3. The first-order valence-electron chi connectivity index (χ1n) is 15.5. The standard InChI is InChI=1S/C35H49NO9/c1-21(16-27-20-43-25(5)36-27)10-8-11-23(3)34(42-7)24(4)29-19-30(38)35(6)31(45-35)15-14-22(2)28(37)17-26(18-32(39)40)12-9-13-33(41)44-29/h8-11,13-16,20,22,24,26,28-31,34,37-38H,12,17-19H2,1-7H3,(H,39,40). The minimum atomic E-state index is -0.967. The molecule has 0 radical (unpaired) electrons. The molecule has 1 saturated heterocycles. The van der Waals surface area contributed by atoms with E-state index in [-0.39, 0.29) is 43.1 Å². The predicted molar refractivity (Wildman–Crippen MR) is 170 cm³/mol. The van der Waals surface area contributed by atoms with Crippen molar-refractivity contribution >= 4 is 18.0 Å². The highest BCUT2D eigenvalue weighted by molar-refractivity contribution is 5.82. The molecule has 1 fully saturated rings. The van der Waals surface area contributed by atoms with Gasteiger partial charge in [-0.15, -0.1) is 0 Å². The molecule has 0 spiro atoms. The molecule has 0 aliphatic carbocycles. The number of aliphatic carboxylic acids is 1. The fourth-order valence-corrected chi connectivity index (χ4v) is 5.76. The normalized spacial score (nSPS) is 31.8. The molecule has 45 heavy (non-hydrogen) atoms. The Labute approximate surface area is 266 Å². The summed E-state index contributed by atoms with van der Waals surface area (Å²) >= 11 is 0. The van der Waals surface area contributed by atoms with E-state index in [1.807, 2.05) is 71.1 Å². The Morgan fingerprint density at radius 1 is 1.24 bits per heavy atom. The zero-order valence-corrected chi connectivity index (χ0v) is 27.4. The van der Waals surface area contributed by atoms with Crippen molar-refractivity contribution in [2.45, 2.75) is 103 Å². The number of methoxy groups -OCH3 is 1. The number of rotatable bonds is 9. The smallest absolute Gasteiger partial charge is 0.330 e. The summed E-state index contributed by atoms with van der Waals surface area (Å²) in [7, 11) is 1.60. The van der Waals surface area contributed by atoms with Crippen molar-refractivity contribution < 1.29 is 43.5 Å². The number of aryl methyl sites for hydroxylation is 1. The van der Waals surface area contributed by atoms with Gasteiger partial charge in [-0.25, -0.2) is 9.78 Å². The Bertz CT molecular complexity index is 1310. The highest BCUT2D eigenvalue weighted by Gasteiger charge is 2.56. The summed E-state index contributed by atoms with van der Waals surface area (Å²) in [5, 5.41) is 31.4. The first kappa shape index (κ1) is 36.2. The van der Waals surface area contributed by atoms with Crippen LogP contribution >= 0.6 is 0 Å². The molecular weight excluding hydrogens is 578 g/mol. The number of aliphatic hydroxyl groups excluding tert-OH is 2. The van der Waals surface area contributed by atoms with Crippen LogP contribution < -0.4 is 0 Å². The molecular formula is C35H49NO9. The van der Waals surface area contributed by atoms with Gasteiger partial charge >= 0.3 is 11.9 Å². The molecule has 10 nitrogen and oxygen atoms in total. The first-order chi connectivity index (χ1) is 21.2. The average molecular weight is 628 g/mol. The van der Waals surface area contributed by atoms with E-state index in [4.69, 9.17) is 18.6 Å². The number of cyclic esters (lactones) is 1. The molecule has 9 atom stereocenters. The SMILES string of the molecule is COC(C(C)=CC=CC(C)=Cc1coc(C)n1)C(C)C1CC(O)C2(C)OC2C=CC(C)C(O)CC(CC(=O)O)CC=CC(=O)O1. The number of carboxylic acids is 1. The molecule has 1 aromatic rings. The van der Waals surface area contributed by atoms with E-state index in [9.17, 15) is 24.9 Å². The van der Waals surface area contributed by atoms with Gasteiger partial charge in [0.1, 0.15) is 29.8 Å². The summed E-state index contributed by atoms with van der Waals surface area (Å²) in [4.78, 5) is 28.8. The van der Waals surface area contributed by atoms with E-state index in [1.54, 1.807) is 26.4 Å². The zero-order chi connectivity index (χ0) is 33.3. The summed E-state index contributed by atoms with van der Waals surface area (Å²) in [5.74, 6) is -1.92. The maximum atomic E-state index is 13.0. The van der Waals surface area contributed by atoms with Gasteiger partial charge in [-0.3, -0.25) is 4.79 Å². The summed E-state index contributed by atoms with van der Waals surface area (Å²) < 4.78 is 22.9. The number of allylic oxidation sites excluding steroid dienone is 5. The minimum absolute atomic E-state index is 0.114. The highest BCUT2D eigenvalue weighted by atomic mass is 16.6. The lowest BCUT2D eigenvalue weighted by molar-refractivity contribution is -0.150. The Hall–Kier alpha value is -3.31. The average Bonchev–Trinajstić information content (AvgIpc) is 3.47. The molecule has 2 aliphatic heterocycles. The van der Waals surface area contributed by atoms with Crippen LogP contribution in [0.5, 0.6) is 0 Å². The van der Waals surface area contributed by atoms with Gasteiger partial charge in [0.15, 0.2) is 5.89 Å². The molecule has 3 rings (SSSR count). The topological polar surface area (TPSA) is 152 Å². The number of aromatic nitrogens is 1. The Kier molecular flexibility index (Phi) is 13.1. The molecule has 0 amide bonds. The lowest BCUT2D eigenvalue weighted by Crippen LogP contribution is -2.41. The van der Waals surface area contributed by atoms with Gasteiger partial charge in [0.25, 0.3) is 0 Å². The molecule has 9 unspecified atom stereocenters. The molecule has 0 saturated carbocycles. The van der Waals surface area contributed by atoms with E-state index < -0.39 is 42.0 Å². The summed E-state index contributed by atoms with van der Waals surface area (Å²) in [5.41, 5.74) is 1.74. The van der Waals surface area contributed by atoms with Crippen molar-refractivity contribution in [3.05, 3.63) is 71.5 Å². The molecule has 2 aliphatic rings. The molecule has 0 aromatic carbocycles. The largest absolute Gasteiger partial charge is 0.481 e.